The first kappa shape index (κ1) is 15.0. The summed E-state index contributed by atoms with van der Waals surface area (Å²) in [6.07, 6.45) is 4.36. The zero-order valence-electron chi connectivity index (χ0n) is 14.9. The fraction of sp³-hybridized carbons (Fsp3) is 0.0833. The first-order valence-electron chi connectivity index (χ1n) is 8.88. The molecule has 126 valence electrons. The number of para-hydroxylation sites is 2. The number of nitrogens with zero attached hydrogens (tertiary/aromatic N) is 1. The van der Waals surface area contributed by atoms with E-state index in [2.05, 4.69) is 97.6 Å². The van der Waals surface area contributed by atoms with Crippen molar-refractivity contribution in [3.05, 3.63) is 89.0 Å². The lowest BCUT2D eigenvalue weighted by molar-refractivity contribution is 0.620. The van der Waals surface area contributed by atoms with Gasteiger partial charge in [0, 0.05) is 10.9 Å². The molecule has 0 fully saturated rings. The fourth-order valence-corrected chi connectivity index (χ4v) is 3.71. The van der Waals surface area contributed by atoms with Gasteiger partial charge in [0.2, 0.25) is 5.88 Å². The molecule has 0 amide bonds. The summed E-state index contributed by atoms with van der Waals surface area (Å²) in [6.45, 7) is 4.26. The molecule has 2 heterocycles. The zero-order valence-corrected chi connectivity index (χ0v) is 14.9. The van der Waals surface area contributed by atoms with Crippen molar-refractivity contribution in [2.45, 2.75) is 13.8 Å². The third-order valence-electron chi connectivity index (χ3n) is 5.03. The summed E-state index contributed by atoms with van der Waals surface area (Å²) in [4.78, 5) is 2.25. The summed E-state index contributed by atoms with van der Waals surface area (Å²) in [7, 11) is 0. The van der Waals surface area contributed by atoms with Crippen LogP contribution in [0.25, 0.3) is 23.1 Å². The molecule has 0 atom stereocenters. The van der Waals surface area contributed by atoms with Crippen LogP contribution in [-0.4, -0.2) is 0 Å². The van der Waals surface area contributed by atoms with Gasteiger partial charge in [-0.15, -0.1) is 0 Å². The van der Waals surface area contributed by atoms with E-state index < -0.39 is 0 Å². The second-order valence-corrected chi connectivity index (χ2v) is 6.83. The molecule has 1 aliphatic heterocycles. The molecule has 1 aromatic heterocycles. The Hall–Kier alpha value is -3.26. The van der Waals surface area contributed by atoms with Crippen molar-refractivity contribution in [3.63, 3.8) is 0 Å². The van der Waals surface area contributed by atoms with E-state index in [1.807, 2.05) is 0 Å². The molecular formula is C24H19NO. The van der Waals surface area contributed by atoms with E-state index in [9.17, 15) is 0 Å². The molecule has 0 bridgehead atoms. The van der Waals surface area contributed by atoms with Gasteiger partial charge in [-0.05, 0) is 55.3 Å². The SMILES string of the molecule is Cc1ccc2oc3c(c2c1)C=Cc1ccccc1N3c1ccccc1C. The molecule has 2 nitrogen and oxygen atoms in total. The molecule has 2 heteroatoms. The van der Waals surface area contributed by atoms with Gasteiger partial charge < -0.3 is 4.42 Å². The summed E-state index contributed by atoms with van der Waals surface area (Å²) >= 11 is 0. The van der Waals surface area contributed by atoms with Gasteiger partial charge in [0.15, 0.2) is 0 Å². The highest BCUT2D eigenvalue weighted by Crippen LogP contribution is 2.46. The van der Waals surface area contributed by atoms with Crippen LogP contribution in [0.4, 0.5) is 17.3 Å². The van der Waals surface area contributed by atoms with E-state index >= 15 is 0 Å². The summed E-state index contributed by atoms with van der Waals surface area (Å²) in [6, 6.07) is 23.3. The maximum atomic E-state index is 6.38. The lowest BCUT2D eigenvalue weighted by atomic mass is 10.1. The number of aryl methyl sites for hydroxylation is 2. The minimum absolute atomic E-state index is 0.876. The smallest absolute Gasteiger partial charge is 0.213 e. The Morgan fingerprint density at radius 2 is 1.54 bits per heavy atom. The van der Waals surface area contributed by atoms with Crippen LogP contribution < -0.4 is 4.90 Å². The molecule has 1 aliphatic rings. The van der Waals surface area contributed by atoms with Gasteiger partial charge in [-0.1, -0.05) is 54.1 Å². The van der Waals surface area contributed by atoms with Crippen molar-refractivity contribution in [1.29, 1.82) is 0 Å². The van der Waals surface area contributed by atoms with Crippen LogP contribution in [0, 0.1) is 13.8 Å². The summed E-state index contributed by atoms with van der Waals surface area (Å²) in [5.41, 5.74) is 7.95. The molecule has 5 rings (SSSR count). The van der Waals surface area contributed by atoms with Crippen LogP contribution in [0.2, 0.25) is 0 Å². The molecule has 0 saturated carbocycles. The molecule has 0 saturated heterocycles. The second kappa shape index (κ2) is 5.63. The number of rotatable bonds is 1. The first-order chi connectivity index (χ1) is 12.7. The number of fused-ring (bicyclic) bond motifs is 4. The van der Waals surface area contributed by atoms with Gasteiger partial charge in [0.05, 0.1) is 11.4 Å². The van der Waals surface area contributed by atoms with Crippen molar-refractivity contribution in [2.75, 3.05) is 4.90 Å². The van der Waals surface area contributed by atoms with Crippen molar-refractivity contribution in [1.82, 2.24) is 0 Å². The summed E-state index contributed by atoms with van der Waals surface area (Å²) in [5.74, 6) is 0.876. The Kier molecular flexibility index (Phi) is 3.26. The van der Waals surface area contributed by atoms with Crippen molar-refractivity contribution in [3.8, 4) is 0 Å². The average Bonchev–Trinajstić information content (AvgIpc) is 2.91. The van der Waals surface area contributed by atoms with Crippen LogP contribution in [0.3, 0.4) is 0 Å². The van der Waals surface area contributed by atoms with E-state index in [1.54, 1.807) is 0 Å². The van der Waals surface area contributed by atoms with E-state index in [4.69, 9.17) is 4.42 Å². The highest BCUT2D eigenvalue weighted by atomic mass is 16.4. The van der Waals surface area contributed by atoms with E-state index in [-0.39, 0.29) is 0 Å². The number of furan rings is 1. The topological polar surface area (TPSA) is 16.4 Å². The largest absolute Gasteiger partial charge is 0.439 e. The van der Waals surface area contributed by atoms with Gasteiger partial charge >= 0.3 is 0 Å². The highest BCUT2D eigenvalue weighted by Gasteiger charge is 2.26. The van der Waals surface area contributed by atoms with E-state index in [1.165, 1.54) is 16.7 Å². The summed E-state index contributed by atoms with van der Waals surface area (Å²) < 4.78 is 6.38. The maximum absolute atomic E-state index is 6.38. The van der Waals surface area contributed by atoms with Crippen molar-refractivity contribution >= 4 is 40.4 Å². The second-order valence-electron chi connectivity index (χ2n) is 6.83. The van der Waals surface area contributed by atoms with Gasteiger partial charge in [0.25, 0.3) is 0 Å². The van der Waals surface area contributed by atoms with Crippen molar-refractivity contribution in [2.24, 2.45) is 0 Å². The standard InChI is InChI=1S/C24H19NO/c1-16-11-14-23-20(15-16)19-13-12-18-8-4-6-10-22(18)25(24(19)26-23)21-9-5-3-7-17(21)2/h3-15H,1-2H3. The lowest BCUT2D eigenvalue weighted by Gasteiger charge is -2.25. The van der Waals surface area contributed by atoms with Crippen LogP contribution >= 0.6 is 0 Å². The number of hydrogen-bond acceptors (Lipinski definition) is 2. The normalized spacial score (nSPS) is 12.8. The van der Waals surface area contributed by atoms with Crippen LogP contribution in [-0.2, 0) is 0 Å². The molecule has 0 radical (unpaired) electrons. The van der Waals surface area contributed by atoms with Crippen LogP contribution in [0.5, 0.6) is 0 Å². The number of anilines is 3. The average molecular weight is 337 g/mol. The Labute approximate surface area is 153 Å². The quantitative estimate of drug-likeness (QED) is 0.327. The molecule has 0 spiro atoms. The molecule has 4 aromatic rings. The van der Waals surface area contributed by atoms with Gasteiger partial charge in [-0.2, -0.15) is 0 Å². The predicted octanol–water partition coefficient (Wildman–Crippen LogP) is 7.00. The molecule has 0 N–H and O–H groups in total. The van der Waals surface area contributed by atoms with Gasteiger partial charge in [0.1, 0.15) is 5.58 Å². The van der Waals surface area contributed by atoms with Crippen LogP contribution in [0.15, 0.2) is 71.1 Å². The minimum atomic E-state index is 0.876. The number of hydrogen-bond donors (Lipinski definition) is 0. The van der Waals surface area contributed by atoms with Crippen molar-refractivity contribution < 1.29 is 4.42 Å². The third-order valence-corrected chi connectivity index (χ3v) is 5.03. The van der Waals surface area contributed by atoms with Gasteiger partial charge in [-0.25, -0.2) is 0 Å². The van der Waals surface area contributed by atoms with Crippen LogP contribution in [0.1, 0.15) is 22.3 Å². The molecule has 0 aliphatic carbocycles. The molecule has 3 aromatic carbocycles. The minimum Gasteiger partial charge on any atom is -0.439 e. The predicted molar refractivity (Wildman–Crippen MR) is 109 cm³/mol. The maximum Gasteiger partial charge on any atom is 0.213 e. The number of benzene rings is 3. The van der Waals surface area contributed by atoms with E-state index in [0.717, 1.165) is 33.8 Å². The monoisotopic (exact) mass is 337 g/mol. The Balaban J connectivity index is 1.88. The lowest BCUT2D eigenvalue weighted by Crippen LogP contribution is -2.11. The third kappa shape index (κ3) is 2.19. The molecular weight excluding hydrogens is 318 g/mol. The summed E-state index contributed by atoms with van der Waals surface area (Å²) in [5, 5.41) is 1.16. The molecule has 26 heavy (non-hydrogen) atoms. The Morgan fingerprint density at radius 3 is 2.38 bits per heavy atom. The first-order valence-corrected chi connectivity index (χ1v) is 8.88. The van der Waals surface area contributed by atoms with Gasteiger partial charge in [-0.3, -0.25) is 4.90 Å². The fourth-order valence-electron chi connectivity index (χ4n) is 3.71. The zero-order chi connectivity index (χ0) is 17.7. The van der Waals surface area contributed by atoms with E-state index in [0.29, 0.717) is 0 Å². The molecule has 0 unspecified atom stereocenters. The Morgan fingerprint density at radius 1 is 0.769 bits per heavy atom. The highest BCUT2D eigenvalue weighted by molar-refractivity contribution is 6.01. The Bertz CT molecular complexity index is 1170.